The van der Waals surface area contributed by atoms with E-state index in [0.29, 0.717) is 5.56 Å². The largest absolute Gasteiger partial charge is 0.370 e. The highest BCUT2D eigenvalue weighted by Gasteiger charge is 2.19. The lowest BCUT2D eigenvalue weighted by Crippen LogP contribution is -2.03. The average Bonchev–Trinajstić information content (AvgIpc) is 3.09. The number of aromatic nitrogens is 1. The van der Waals surface area contributed by atoms with E-state index in [4.69, 9.17) is 5.26 Å². The van der Waals surface area contributed by atoms with Crippen LogP contribution in [0.5, 0.6) is 0 Å². The molecule has 0 atom stereocenters. The third kappa shape index (κ3) is 3.25. The van der Waals surface area contributed by atoms with E-state index in [1.54, 1.807) is 12.3 Å². The molecule has 15 heavy (non-hydrogen) atoms. The van der Waals surface area contributed by atoms with E-state index >= 15 is 0 Å². The van der Waals surface area contributed by atoms with Crippen LogP contribution in [0, 0.1) is 17.2 Å². The summed E-state index contributed by atoms with van der Waals surface area (Å²) in [6.07, 6.45) is 7.00. The summed E-state index contributed by atoms with van der Waals surface area (Å²) in [7, 11) is 0. The first-order valence-corrected chi connectivity index (χ1v) is 5.48. The number of rotatable bonds is 5. The van der Waals surface area contributed by atoms with Crippen molar-refractivity contribution < 1.29 is 0 Å². The zero-order valence-corrected chi connectivity index (χ0v) is 8.74. The summed E-state index contributed by atoms with van der Waals surface area (Å²) in [6.45, 7) is 0.982. The predicted molar refractivity (Wildman–Crippen MR) is 59.4 cm³/mol. The van der Waals surface area contributed by atoms with Crippen molar-refractivity contribution in [3.63, 3.8) is 0 Å². The van der Waals surface area contributed by atoms with Crippen LogP contribution in [0.3, 0.4) is 0 Å². The van der Waals surface area contributed by atoms with Crippen LogP contribution >= 0.6 is 0 Å². The number of hydrogen-bond acceptors (Lipinski definition) is 3. The molecular formula is C12H15N3. The highest BCUT2D eigenvalue weighted by Crippen LogP contribution is 2.33. The van der Waals surface area contributed by atoms with Crippen LogP contribution < -0.4 is 5.32 Å². The zero-order valence-electron chi connectivity index (χ0n) is 8.74. The number of anilines is 1. The Hall–Kier alpha value is -1.56. The molecule has 1 aliphatic carbocycles. The molecule has 0 aromatic carbocycles. The number of hydrogen-bond donors (Lipinski definition) is 1. The fourth-order valence-electron chi connectivity index (χ4n) is 1.58. The fourth-order valence-corrected chi connectivity index (χ4v) is 1.58. The molecule has 1 fully saturated rings. The Balaban J connectivity index is 1.70. The Kier molecular flexibility index (Phi) is 3.18. The Morgan fingerprint density at radius 2 is 2.33 bits per heavy atom. The van der Waals surface area contributed by atoms with E-state index in [1.807, 2.05) is 6.07 Å². The summed E-state index contributed by atoms with van der Waals surface area (Å²) in [6, 6.07) is 5.70. The van der Waals surface area contributed by atoms with Crippen molar-refractivity contribution in [2.24, 2.45) is 5.92 Å². The van der Waals surface area contributed by atoms with Crippen molar-refractivity contribution in [3.05, 3.63) is 23.9 Å². The average molecular weight is 201 g/mol. The van der Waals surface area contributed by atoms with Crippen molar-refractivity contribution >= 4 is 5.82 Å². The molecule has 3 nitrogen and oxygen atoms in total. The van der Waals surface area contributed by atoms with Gasteiger partial charge in [-0.1, -0.05) is 12.8 Å². The van der Waals surface area contributed by atoms with Gasteiger partial charge in [-0.2, -0.15) is 5.26 Å². The third-order valence-electron chi connectivity index (χ3n) is 2.68. The van der Waals surface area contributed by atoms with E-state index in [1.165, 1.54) is 25.7 Å². The maximum atomic E-state index is 8.60. The lowest BCUT2D eigenvalue weighted by Gasteiger charge is -2.04. The Labute approximate surface area is 90.1 Å². The van der Waals surface area contributed by atoms with Gasteiger partial charge < -0.3 is 5.32 Å². The summed E-state index contributed by atoms with van der Waals surface area (Å²) in [5.74, 6) is 1.87. The van der Waals surface area contributed by atoms with Gasteiger partial charge in [-0.25, -0.2) is 4.98 Å². The first-order chi connectivity index (χ1) is 7.38. The van der Waals surface area contributed by atoms with E-state index in [0.717, 1.165) is 18.3 Å². The summed E-state index contributed by atoms with van der Waals surface area (Å²) in [4.78, 5) is 4.15. The van der Waals surface area contributed by atoms with Gasteiger partial charge in [-0.3, -0.25) is 0 Å². The SMILES string of the molecule is N#Cc1ccc(NCCCC2CC2)nc1. The minimum absolute atomic E-state index is 0.610. The Morgan fingerprint density at radius 1 is 1.47 bits per heavy atom. The zero-order chi connectivity index (χ0) is 10.5. The van der Waals surface area contributed by atoms with Crippen LogP contribution in [0.4, 0.5) is 5.82 Å². The first kappa shape index (κ1) is 9.97. The maximum Gasteiger partial charge on any atom is 0.125 e. The van der Waals surface area contributed by atoms with E-state index in [-0.39, 0.29) is 0 Å². The van der Waals surface area contributed by atoms with Crippen molar-refractivity contribution in [2.45, 2.75) is 25.7 Å². The monoisotopic (exact) mass is 201 g/mol. The van der Waals surface area contributed by atoms with Gasteiger partial charge >= 0.3 is 0 Å². The molecule has 1 saturated carbocycles. The maximum absolute atomic E-state index is 8.60. The molecule has 3 heteroatoms. The number of pyridine rings is 1. The van der Waals surface area contributed by atoms with Gasteiger partial charge in [0.15, 0.2) is 0 Å². The van der Waals surface area contributed by atoms with Crippen molar-refractivity contribution in [3.8, 4) is 6.07 Å². The fraction of sp³-hybridized carbons (Fsp3) is 0.500. The molecule has 1 N–H and O–H groups in total. The van der Waals surface area contributed by atoms with E-state index in [2.05, 4.69) is 16.4 Å². The van der Waals surface area contributed by atoms with Gasteiger partial charge in [-0.05, 0) is 30.9 Å². The molecule has 0 bridgehead atoms. The number of nitrogens with one attached hydrogen (secondary N) is 1. The van der Waals surface area contributed by atoms with E-state index in [9.17, 15) is 0 Å². The van der Waals surface area contributed by atoms with Crippen molar-refractivity contribution in [1.29, 1.82) is 5.26 Å². The Morgan fingerprint density at radius 3 is 2.93 bits per heavy atom. The second kappa shape index (κ2) is 4.79. The van der Waals surface area contributed by atoms with Crippen LogP contribution in [-0.2, 0) is 0 Å². The van der Waals surface area contributed by atoms with Crippen molar-refractivity contribution in [2.75, 3.05) is 11.9 Å². The molecule has 1 aromatic rings. The molecule has 0 unspecified atom stereocenters. The van der Waals surface area contributed by atoms with Gasteiger partial charge in [0.1, 0.15) is 11.9 Å². The lowest BCUT2D eigenvalue weighted by molar-refractivity contribution is 0.686. The minimum atomic E-state index is 0.610. The van der Waals surface area contributed by atoms with Crippen LogP contribution in [0.15, 0.2) is 18.3 Å². The minimum Gasteiger partial charge on any atom is -0.370 e. The molecule has 1 aliphatic rings. The van der Waals surface area contributed by atoms with Gasteiger partial charge in [-0.15, -0.1) is 0 Å². The topological polar surface area (TPSA) is 48.7 Å². The molecule has 0 amide bonds. The molecule has 1 heterocycles. The van der Waals surface area contributed by atoms with Gasteiger partial charge in [0.25, 0.3) is 0 Å². The molecule has 78 valence electrons. The summed E-state index contributed by atoms with van der Waals surface area (Å²) >= 11 is 0. The van der Waals surface area contributed by atoms with Crippen LogP contribution in [0.2, 0.25) is 0 Å². The summed E-state index contributed by atoms with van der Waals surface area (Å²) in [5.41, 5.74) is 0.610. The summed E-state index contributed by atoms with van der Waals surface area (Å²) < 4.78 is 0. The molecule has 0 radical (unpaired) electrons. The molecule has 0 aliphatic heterocycles. The molecule has 1 aromatic heterocycles. The standard InChI is InChI=1S/C12H15N3/c13-8-11-5-6-12(15-9-11)14-7-1-2-10-3-4-10/h5-6,9-10H,1-4,7H2,(H,14,15). The van der Waals surface area contributed by atoms with Crippen molar-refractivity contribution in [1.82, 2.24) is 4.98 Å². The smallest absolute Gasteiger partial charge is 0.125 e. The number of nitriles is 1. The highest BCUT2D eigenvalue weighted by molar-refractivity contribution is 5.38. The van der Waals surface area contributed by atoms with Crippen LogP contribution in [-0.4, -0.2) is 11.5 Å². The predicted octanol–water partition coefficient (Wildman–Crippen LogP) is 2.56. The first-order valence-electron chi connectivity index (χ1n) is 5.48. The lowest BCUT2D eigenvalue weighted by atomic mass is 10.2. The molecule has 2 rings (SSSR count). The van der Waals surface area contributed by atoms with Crippen LogP contribution in [0.1, 0.15) is 31.2 Å². The molecule has 0 spiro atoms. The van der Waals surface area contributed by atoms with Gasteiger partial charge in [0.05, 0.1) is 5.56 Å². The second-order valence-corrected chi connectivity index (χ2v) is 4.06. The molecular weight excluding hydrogens is 186 g/mol. The highest BCUT2D eigenvalue weighted by atomic mass is 15.0. The van der Waals surface area contributed by atoms with E-state index < -0.39 is 0 Å². The summed E-state index contributed by atoms with van der Waals surface area (Å²) in [5, 5.41) is 11.9. The molecule has 0 saturated heterocycles. The van der Waals surface area contributed by atoms with Gasteiger partial charge in [0, 0.05) is 12.7 Å². The van der Waals surface area contributed by atoms with Crippen LogP contribution in [0.25, 0.3) is 0 Å². The Bertz CT molecular complexity index is 346. The quantitative estimate of drug-likeness (QED) is 0.745. The van der Waals surface area contributed by atoms with Gasteiger partial charge in [0.2, 0.25) is 0 Å². The number of nitrogens with zero attached hydrogens (tertiary/aromatic N) is 2. The third-order valence-corrected chi connectivity index (χ3v) is 2.68. The second-order valence-electron chi connectivity index (χ2n) is 4.06. The normalized spacial score (nSPS) is 14.6.